The molecule has 0 saturated heterocycles. The third-order valence-electron chi connectivity index (χ3n) is 13.5. The Morgan fingerprint density at radius 3 is 1.80 bits per heavy atom. The zero-order valence-electron chi connectivity index (χ0n) is 36.0. The van der Waals surface area contributed by atoms with Crippen molar-refractivity contribution in [1.29, 1.82) is 0 Å². The van der Waals surface area contributed by atoms with Gasteiger partial charge in [0.1, 0.15) is 5.75 Å². The van der Waals surface area contributed by atoms with Gasteiger partial charge in [-0.2, -0.15) is 0 Å². The van der Waals surface area contributed by atoms with Gasteiger partial charge in [-0.15, -0.1) is 0 Å². The van der Waals surface area contributed by atoms with E-state index >= 15 is 0 Å². The smallest absolute Gasteiger partial charge is 0.159 e. The largest absolute Gasteiger partial charge is 0.454 e. The normalized spacial score (nSPS) is 13.9. The van der Waals surface area contributed by atoms with E-state index < -0.39 is 0 Å². The molecule has 0 radical (unpaired) electrons. The van der Waals surface area contributed by atoms with Crippen LogP contribution in [0.15, 0.2) is 224 Å². The van der Waals surface area contributed by atoms with Gasteiger partial charge in [0.2, 0.25) is 0 Å². The molecule has 3 heteroatoms. The van der Waals surface area contributed by atoms with Crippen molar-refractivity contribution in [2.45, 2.75) is 32.1 Å². The summed E-state index contributed by atoms with van der Waals surface area (Å²) >= 11 is 0. The summed E-state index contributed by atoms with van der Waals surface area (Å²) in [6, 6.07) is 72.8. The van der Waals surface area contributed by atoms with E-state index in [-0.39, 0.29) is 5.41 Å². The second-order valence-corrected chi connectivity index (χ2v) is 17.6. The fourth-order valence-electron chi connectivity index (χ4n) is 10.3. The molecular weight excluding hydrogens is 777 g/mol. The van der Waals surface area contributed by atoms with Crippen molar-refractivity contribution < 1.29 is 4.74 Å². The molecule has 0 N–H and O–H groups in total. The lowest BCUT2D eigenvalue weighted by atomic mass is 9.82. The third-order valence-corrected chi connectivity index (χ3v) is 13.5. The molecule has 3 nitrogen and oxygen atoms in total. The molecule has 306 valence electrons. The minimum Gasteiger partial charge on any atom is -0.454 e. The Balaban J connectivity index is 1.00. The van der Waals surface area contributed by atoms with Crippen LogP contribution in [0.2, 0.25) is 0 Å². The van der Waals surface area contributed by atoms with Gasteiger partial charge in [0.25, 0.3) is 0 Å². The Bertz CT molecular complexity index is 3310. The highest BCUT2D eigenvalue weighted by atomic mass is 16.5. The molecule has 12 rings (SSSR count). The third kappa shape index (κ3) is 6.19. The summed E-state index contributed by atoms with van der Waals surface area (Å²) in [6.45, 7) is 4.69. The van der Waals surface area contributed by atoms with Crippen LogP contribution in [0.5, 0.6) is 11.5 Å². The first-order valence-corrected chi connectivity index (χ1v) is 22.4. The molecule has 1 heterocycles. The topological polar surface area (TPSA) is 15.7 Å². The van der Waals surface area contributed by atoms with E-state index in [0.29, 0.717) is 0 Å². The monoisotopic (exact) mass is 822 g/mol. The maximum atomic E-state index is 7.13. The predicted molar refractivity (Wildman–Crippen MR) is 268 cm³/mol. The van der Waals surface area contributed by atoms with Crippen molar-refractivity contribution in [2.24, 2.45) is 0 Å². The molecule has 0 saturated carbocycles. The second-order valence-electron chi connectivity index (χ2n) is 17.6. The molecule has 0 amide bonds. The molecule has 0 spiro atoms. The first kappa shape index (κ1) is 37.8. The molecule has 0 atom stereocenters. The van der Waals surface area contributed by atoms with Gasteiger partial charge in [0.05, 0.1) is 11.4 Å². The van der Waals surface area contributed by atoms with Crippen molar-refractivity contribution in [3.63, 3.8) is 0 Å². The van der Waals surface area contributed by atoms with Gasteiger partial charge in [0.15, 0.2) is 5.75 Å². The minimum atomic E-state index is -0.0866. The molecule has 0 fully saturated rings. The van der Waals surface area contributed by atoms with E-state index in [1.54, 1.807) is 0 Å². The van der Waals surface area contributed by atoms with Crippen LogP contribution in [0.1, 0.15) is 37.8 Å². The van der Waals surface area contributed by atoms with Crippen LogP contribution in [0.3, 0.4) is 0 Å². The first-order valence-electron chi connectivity index (χ1n) is 22.4. The first-order chi connectivity index (χ1) is 31.5. The van der Waals surface area contributed by atoms with Crippen LogP contribution in [0.4, 0.5) is 28.4 Å². The number of benzene rings is 9. The molecule has 2 aliphatic carbocycles. The standard InChI is InChI=1S/C61H46N2O/c1-61(2)54-26-13-12-22-49(54)53-40-48(36-37-55(53)61)63(47-34-32-44(33-35-47)43-30-28-42(29-31-43)41-16-6-3-7-17-41)56-38-39-58-59-50(23-14-25-52(56)59)51-24-15-27-57(60(51)64-58)62(45-18-8-4-9-19-45)46-20-10-5-11-21-46/h3-4,6-10,12-40H,5,11H2,1-2H3. The Kier molecular flexibility index (Phi) is 8.98. The van der Waals surface area contributed by atoms with Crippen LogP contribution in [-0.2, 0) is 5.41 Å². The van der Waals surface area contributed by atoms with E-state index in [0.717, 1.165) is 80.4 Å². The van der Waals surface area contributed by atoms with E-state index in [2.05, 4.69) is 242 Å². The van der Waals surface area contributed by atoms with E-state index in [4.69, 9.17) is 4.74 Å². The Labute approximate surface area is 375 Å². The maximum absolute atomic E-state index is 7.13. The average molecular weight is 823 g/mol. The van der Waals surface area contributed by atoms with E-state index in [1.165, 1.54) is 44.5 Å². The molecular formula is C61H46N2O. The average Bonchev–Trinajstić information content (AvgIpc) is 3.59. The van der Waals surface area contributed by atoms with Gasteiger partial charge >= 0.3 is 0 Å². The van der Waals surface area contributed by atoms with Crippen LogP contribution in [-0.4, -0.2) is 0 Å². The fourth-order valence-corrected chi connectivity index (χ4v) is 10.3. The highest BCUT2D eigenvalue weighted by Gasteiger charge is 2.36. The molecule has 0 bridgehead atoms. The van der Waals surface area contributed by atoms with Gasteiger partial charge in [-0.1, -0.05) is 172 Å². The number of rotatable bonds is 8. The minimum absolute atomic E-state index is 0.0866. The number of allylic oxidation sites excluding steroid dienone is 3. The zero-order chi connectivity index (χ0) is 42.8. The van der Waals surface area contributed by atoms with Crippen molar-refractivity contribution >= 4 is 39.2 Å². The Morgan fingerprint density at radius 2 is 1.05 bits per heavy atom. The Morgan fingerprint density at radius 1 is 0.438 bits per heavy atom. The van der Waals surface area contributed by atoms with Gasteiger partial charge in [-0.3, -0.25) is 0 Å². The number of para-hydroxylation sites is 2. The predicted octanol–water partition coefficient (Wildman–Crippen LogP) is 17.1. The van der Waals surface area contributed by atoms with Gasteiger partial charge in [-0.05, 0) is 124 Å². The molecule has 9 aromatic rings. The molecule has 9 aromatic carbocycles. The van der Waals surface area contributed by atoms with Gasteiger partial charge in [0, 0.05) is 44.5 Å². The lowest BCUT2D eigenvalue weighted by Crippen LogP contribution is -2.17. The number of ether oxygens (including phenoxy) is 1. The lowest BCUT2D eigenvalue weighted by molar-refractivity contribution is 0.488. The van der Waals surface area contributed by atoms with Crippen molar-refractivity contribution in [3.8, 4) is 56.0 Å². The molecule has 0 unspecified atom stereocenters. The van der Waals surface area contributed by atoms with Crippen molar-refractivity contribution in [3.05, 3.63) is 235 Å². The summed E-state index contributed by atoms with van der Waals surface area (Å²) in [7, 11) is 0. The fraction of sp³-hybridized carbons (Fsp3) is 0.0820. The SMILES string of the molecule is CC1(C)c2ccccc2-c2cc(N(c3ccc(-c4ccc(-c5ccccc5)cc4)cc3)c3ccc4c5c(cccc35)-c3cccc(N(C5=CCCC=C5)c5ccccc5)c3O4)ccc21. The second kappa shape index (κ2) is 15.2. The molecule has 3 aliphatic rings. The number of nitrogens with zero attached hydrogens (tertiary/aromatic N) is 2. The summed E-state index contributed by atoms with van der Waals surface area (Å²) < 4.78 is 7.13. The van der Waals surface area contributed by atoms with Crippen LogP contribution >= 0.6 is 0 Å². The molecule has 1 aliphatic heterocycles. The van der Waals surface area contributed by atoms with E-state index in [1.807, 2.05) is 0 Å². The lowest BCUT2D eigenvalue weighted by Gasteiger charge is -2.33. The zero-order valence-corrected chi connectivity index (χ0v) is 36.0. The number of fused-ring (bicyclic) bond motifs is 5. The highest BCUT2D eigenvalue weighted by molar-refractivity contribution is 6.11. The number of hydrogen-bond acceptors (Lipinski definition) is 3. The summed E-state index contributed by atoms with van der Waals surface area (Å²) in [4.78, 5) is 4.77. The molecule has 0 aromatic heterocycles. The quantitative estimate of drug-likeness (QED) is 0.152. The van der Waals surface area contributed by atoms with Crippen molar-refractivity contribution in [2.75, 3.05) is 9.80 Å². The van der Waals surface area contributed by atoms with Crippen molar-refractivity contribution in [1.82, 2.24) is 0 Å². The summed E-state index contributed by atoms with van der Waals surface area (Å²) in [5.41, 5.74) is 18.8. The summed E-state index contributed by atoms with van der Waals surface area (Å²) in [5.74, 6) is 1.72. The Hall–Kier alpha value is -7.88. The van der Waals surface area contributed by atoms with Crippen LogP contribution in [0.25, 0.3) is 55.3 Å². The maximum Gasteiger partial charge on any atom is 0.159 e. The van der Waals surface area contributed by atoms with Gasteiger partial charge in [-0.25, -0.2) is 0 Å². The molecule has 64 heavy (non-hydrogen) atoms. The highest BCUT2D eigenvalue weighted by Crippen LogP contribution is 2.55. The van der Waals surface area contributed by atoms with Crippen LogP contribution < -0.4 is 14.5 Å². The number of hydrogen-bond donors (Lipinski definition) is 0. The number of anilines is 5. The van der Waals surface area contributed by atoms with E-state index in [9.17, 15) is 0 Å². The summed E-state index contributed by atoms with van der Waals surface area (Å²) in [5, 5.41) is 2.24. The van der Waals surface area contributed by atoms with Gasteiger partial charge < -0.3 is 14.5 Å². The summed E-state index contributed by atoms with van der Waals surface area (Å²) in [6.07, 6.45) is 8.89. The van der Waals surface area contributed by atoms with Crippen LogP contribution in [0, 0.1) is 0 Å².